The first kappa shape index (κ1) is 76.1. The fourth-order valence-electron chi connectivity index (χ4n) is 8.70. The molecule has 3 N–H and O–H groups in total. The van der Waals surface area contributed by atoms with Gasteiger partial charge in [0.25, 0.3) is 0 Å². The number of aliphatic hydroxyl groups excluding tert-OH is 1. The summed E-state index contributed by atoms with van der Waals surface area (Å²) in [5.41, 5.74) is 0. The number of phosphoric acid groups is 2. The van der Waals surface area contributed by atoms with Crippen molar-refractivity contribution < 1.29 is 80.2 Å². The molecule has 0 spiro atoms. The molecule has 0 bridgehead atoms. The van der Waals surface area contributed by atoms with Gasteiger partial charge in [-0.25, -0.2) is 9.13 Å². The van der Waals surface area contributed by atoms with Gasteiger partial charge in [0.1, 0.15) is 19.3 Å². The number of phosphoric ester groups is 2. The van der Waals surface area contributed by atoms with Crippen molar-refractivity contribution in [1.29, 1.82) is 0 Å². The standard InChI is InChI=1S/C59H114O17P2/c1-6-9-12-15-17-18-25-29-33-38-43-57(62)70-49-55(76-59(64)45-40-35-30-26-23-21-19-20-22-24-28-32-36-41-52(4)5)51-74-78(67,68)72-47-53(60)46-71-77(65,66)73-50-54(48-69-56(61)42-37-31-14-11-8-3)75-58(63)44-39-34-27-16-13-10-7-2/h52-55,60H,6-51H2,1-5H3,(H,65,66)(H,67,68)/t53-,54+,55+/m0/s1. The molecule has 0 saturated heterocycles. The molecule has 19 heteroatoms. The summed E-state index contributed by atoms with van der Waals surface area (Å²) in [6.45, 7) is 7.03. The molecule has 0 heterocycles. The van der Waals surface area contributed by atoms with E-state index in [0.717, 1.165) is 115 Å². The van der Waals surface area contributed by atoms with Crippen LogP contribution >= 0.6 is 15.6 Å². The van der Waals surface area contributed by atoms with Gasteiger partial charge in [-0.15, -0.1) is 0 Å². The predicted octanol–water partition coefficient (Wildman–Crippen LogP) is 15.8. The van der Waals surface area contributed by atoms with Crippen LogP contribution in [0.4, 0.5) is 0 Å². The molecule has 0 saturated carbocycles. The highest BCUT2D eigenvalue weighted by Gasteiger charge is 2.30. The molecule has 0 aromatic carbocycles. The Kier molecular flexibility index (Phi) is 51.8. The third kappa shape index (κ3) is 53.4. The van der Waals surface area contributed by atoms with E-state index in [4.69, 9.17) is 37.0 Å². The molecule has 0 amide bonds. The van der Waals surface area contributed by atoms with Crippen LogP contribution in [0, 0.1) is 5.92 Å². The number of carbonyl (C=O) groups is 4. The average molecular weight is 1160 g/mol. The number of carbonyl (C=O) groups excluding carboxylic acids is 4. The maximum atomic E-state index is 12.9. The van der Waals surface area contributed by atoms with Crippen LogP contribution in [0.15, 0.2) is 0 Å². The number of rotatable bonds is 59. The molecule has 0 aliphatic rings. The first-order valence-electron chi connectivity index (χ1n) is 31.1. The lowest BCUT2D eigenvalue weighted by Gasteiger charge is -2.21. The molecule has 0 radical (unpaired) electrons. The number of hydrogen-bond acceptors (Lipinski definition) is 15. The monoisotopic (exact) mass is 1160 g/mol. The second kappa shape index (κ2) is 53.1. The zero-order valence-electron chi connectivity index (χ0n) is 49.8. The Morgan fingerprint density at radius 3 is 0.872 bits per heavy atom. The van der Waals surface area contributed by atoms with Crippen LogP contribution < -0.4 is 0 Å². The minimum atomic E-state index is -4.94. The van der Waals surface area contributed by atoms with E-state index < -0.39 is 97.5 Å². The molecule has 17 nitrogen and oxygen atoms in total. The predicted molar refractivity (Wildman–Crippen MR) is 308 cm³/mol. The number of esters is 4. The zero-order chi connectivity index (χ0) is 57.8. The van der Waals surface area contributed by atoms with Crippen molar-refractivity contribution in [2.45, 2.75) is 310 Å². The Hall–Kier alpha value is -1.94. The minimum absolute atomic E-state index is 0.103. The Morgan fingerprint density at radius 2 is 0.590 bits per heavy atom. The molecule has 0 aromatic heterocycles. The van der Waals surface area contributed by atoms with E-state index >= 15 is 0 Å². The summed E-state index contributed by atoms with van der Waals surface area (Å²) in [5, 5.41) is 10.5. The molecule has 2 unspecified atom stereocenters. The molecular weight excluding hydrogens is 1040 g/mol. The molecule has 0 fully saturated rings. The van der Waals surface area contributed by atoms with Crippen LogP contribution in [0.1, 0.15) is 291 Å². The lowest BCUT2D eigenvalue weighted by atomic mass is 10.0. The van der Waals surface area contributed by atoms with Crippen molar-refractivity contribution in [3.8, 4) is 0 Å². The van der Waals surface area contributed by atoms with Gasteiger partial charge in [-0.1, -0.05) is 240 Å². The second-order valence-corrected chi connectivity index (χ2v) is 24.8. The maximum absolute atomic E-state index is 12.9. The summed E-state index contributed by atoms with van der Waals surface area (Å²) in [5.74, 6) is -1.37. The molecule has 0 rings (SSSR count). The summed E-state index contributed by atoms with van der Waals surface area (Å²) < 4.78 is 67.5. The van der Waals surface area contributed by atoms with Crippen molar-refractivity contribution >= 4 is 39.5 Å². The molecule has 78 heavy (non-hydrogen) atoms. The minimum Gasteiger partial charge on any atom is -0.462 e. The molecule has 0 aromatic rings. The second-order valence-electron chi connectivity index (χ2n) is 21.9. The fraction of sp³-hybridized carbons (Fsp3) is 0.932. The first-order chi connectivity index (χ1) is 37.5. The van der Waals surface area contributed by atoms with E-state index in [2.05, 4.69) is 34.6 Å². The summed E-state index contributed by atoms with van der Waals surface area (Å²) in [4.78, 5) is 71.6. The van der Waals surface area contributed by atoms with Crippen molar-refractivity contribution in [2.24, 2.45) is 5.92 Å². The number of aliphatic hydroxyl groups is 1. The lowest BCUT2D eigenvalue weighted by Crippen LogP contribution is -2.30. The average Bonchev–Trinajstić information content (AvgIpc) is 3.40. The van der Waals surface area contributed by atoms with Gasteiger partial charge in [0.05, 0.1) is 26.4 Å². The largest absolute Gasteiger partial charge is 0.472 e. The highest BCUT2D eigenvalue weighted by atomic mass is 31.2. The van der Waals surface area contributed by atoms with Crippen LogP contribution in [0.2, 0.25) is 0 Å². The van der Waals surface area contributed by atoms with Crippen LogP contribution in [-0.2, 0) is 65.4 Å². The van der Waals surface area contributed by atoms with Gasteiger partial charge in [0.2, 0.25) is 0 Å². The third-order valence-electron chi connectivity index (χ3n) is 13.5. The Balaban J connectivity index is 5.13. The van der Waals surface area contributed by atoms with E-state index in [0.29, 0.717) is 25.7 Å². The van der Waals surface area contributed by atoms with Gasteiger partial charge in [-0.3, -0.25) is 37.3 Å². The summed E-state index contributed by atoms with van der Waals surface area (Å²) in [6.07, 6.45) is 35.3. The van der Waals surface area contributed by atoms with Gasteiger partial charge in [0, 0.05) is 25.7 Å². The molecule has 462 valence electrons. The summed E-state index contributed by atoms with van der Waals surface area (Å²) in [6, 6.07) is 0. The van der Waals surface area contributed by atoms with Crippen LogP contribution in [0.25, 0.3) is 0 Å². The van der Waals surface area contributed by atoms with Crippen molar-refractivity contribution in [3.05, 3.63) is 0 Å². The fourth-order valence-corrected chi connectivity index (χ4v) is 10.3. The molecule has 0 aliphatic heterocycles. The van der Waals surface area contributed by atoms with Crippen LogP contribution in [-0.4, -0.2) is 96.7 Å². The lowest BCUT2D eigenvalue weighted by molar-refractivity contribution is -0.161. The molecular formula is C59H114O17P2. The summed E-state index contributed by atoms with van der Waals surface area (Å²) >= 11 is 0. The Labute approximate surface area is 473 Å². The van der Waals surface area contributed by atoms with E-state index in [1.807, 2.05) is 0 Å². The number of ether oxygens (including phenoxy) is 4. The van der Waals surface area contributed by atoms with E-state index in [1.54, 1.807) is 0 Å². The Bertz CT molecular complexity index is 1530. The van der Waals surface area contributed by atoms with Gasteiger partial charge in [0.15, 0.2) is 12.2 Å². The highest BCUT2D eigenvalue weighted by Crippen LogP contribution is 2.45. The van der Waals surface area contributed by atoms with E-state index in [-0.39, 0.29) is 25.7 Å². The van der Waals surface area contributed by atoms with Gasteiger partial charge >= 0.3 is 39.5 Å². The van der Waals surface area contributed by atoms with Crippen LogP contribution in [0.3, 0.4) is 0 Å². The Morgan fingerprint density at radius 1 is 0.346 bits per heavy atom. The maximum Gasteiger partial charge on any atom is 0.472 e. The van der Waals surface area contributed by atoms with Gasteiger partial charge in [-0.05, 0) is 31.6 Å². The van der Waals surface area contributed by atoms with Crippen molar-refractivity contribution in [3.63, 3.8) is 0 Å². The molecule has 0 aliphatic carbocycles. The van der Waals surface area contributed by atoms with Crippen LogP contribution in [0.5, 0.6) is 0 Å². The topological polar surface area (TPSA) is 237 Å². The summed E-state index contributed by atoms with van der Waals surface area (Å²) in [7, 11) is -9.86. The quantitative estimate of drug-likeness (QED) is 0.0222. The van der Waals surface area contributed by atoms with Gasteiger partial charge in [-0.2, -0.15) is 0 Å². The highest BCUT2D eigenvalue weighted by molar-refractivity contribution is 7.47. The van der Waals surface area contributed by atoms with Crippen molar-refractivity contribution in [2.75, 3.05) is 39.6 Å². The van der Waals surface area contributed by atoms with E-state index in [9.17, 15) is 43.2 Å². The normalized spacial score (nSPS) is 14.4. The SMILES string of the molecule is CCCCCCCCCCCCC(=O)OC[C@H](COP(=O)(O)OC[C@@H](O)COP(=O)(O)OC[C@@H](COC(=O)CCCCCCC)OC(=O)CCCCCCCCC)OC(=O)CCCCCCCCCCCCCCCC(C)C. The number of unbranched alkanes of at least 4 members (excludes halogenated alkanes) is 31. The zero-order valence-corrected chi connectivity index (χ0v) is 51.6. The first-order valence-corrected chi connectivity index (χ1v) is 34.1. The van der Waals surface area contributed by atoms with E-state index in [1.165, 1.54) is 96.3 Å². The smallest absolute Gasteiger partial charge is 0.462 e. The number of hydrogen-bond donors (Lipinski definition) is 3. The van der Waals surface area contributed by atoms with Gasteiger partial charge < -0.3 is 33.8 Å². The van der Waals surface area contributed by atoms with Crippen molar-refractivity contribution in [1.82, 2.24) is 0 Å². The third-order valence-corrected chi connectivity index (χ3v) is 15.4. The molecule has 5 atom stereocenters.